The molecule has 1 fully saturated rings. The zero-order valence-electron chi connectivity index (χ0n) is 16.9. The Morgan fingerprint density at radius 2 is 1.97 bits per heavy atom. The minimum Gasteiger partial charge on any atom is -0.320 e. The molecule has 2 aromatic heterocycles. The Kier molecular flexibility index (Phi) is 6.47. The summed E-state index contributed by atoms with van der Waals surface area (Å²) in [5.41, 5.74) is 0.466. The zero-order valence-corrected chi connectivity index (χ0v) is 17.8. The van der Waals surface area contributed by atoms with E-state index in [1.807, 2.05) is 23.3 Å². The number of carbonyl (C=O) groups excluding carboxylic acids is 1. The smallest absolute Gasteiger partial charge is 0.238 e. The molecule has 2 N–H and O–H groups in total. The summed E-state index contributed by atoms with van der Waals surface area (Å²) in [4.78, 5) is 27.7. The maximum Gasteiger partial charge on any atom is 0.238 e. The van der Waals surface area contributed by atoms with E-state index in [0.717, 1.165) is 41.6 Å². The van der Waals surface area contributed by atoms with Gasteiger partial charge >= 0.3 is 0 Å². The third kappa shape index (κ3) is 5.39. The maximum atomic E-state index is 13.7. The number of halogens is 2. The highest BCUT2D eigenvalue weighted by molar-refractivity contribution is 7.13. The van der Waals surface area contributed by atoms with Crippen LogP contribution in [-0.2, 0) is 4.79 Å². The molecule has 0 aliphatic carbocycles. The number of nitrogens with zero attached hydrogens (tertiary/aromatic N) is 4. The molecule has 1 amide bonds. The van der Waals surface area contributed by atoms with Gasteiger partial charge in [-0.1, -0.05) is 6.07 Å². The van der Waals surface area contributed by atoms with Crippen LogP contribution in [0.3, 0.4) is 0 Å². The van der Waals surface area contributed by atoms with Gasteiger partial charge in [-0.3, -0.25) is 9.69 Å². The summed E-state index contributed by atoms with van der Waals surface area (Å²) in [5, 5.41) is 8.21. The molecule has 1 aliphatic rings. The molecule has 0 radical (unpaired) electrons. The van der Waals surface area contributed by atoms with E-state index in [1.54, 1.807) is 6.20 Å². The number of aryl methyl sites for hydroxylation is 1. The molecule has 1 saturated heterocycles. The molecule has 0 unspecified atom stereocenters. The molecule has 3 heterocycles. The second-order valence-electron chi connectivity index (χ2n) is 7.41. The summed E-state index contributed by atoms with van der Waals surface area (Å²) in [6, 6.07) is 5.37. The van der Waals surface area contributed by atoms with Crippen LogP contribution in [0.2, 0.25) is 0 Å². The molecule has 0 spiro atoms. The average Bonchev–Trinajstić information content (AvgIpc) is 3.24. The van der Waals surface area contributed by atoms with Gasteiger partial charge in [0.05, 0.1) is 6.54 Å². The number of anilines is 3. The number of para-hydroxylation sites is 1. The van der Waals surface area contributed by atoms with Gasteiger partial charge in [0.1, 0.15) is 29.0 Å². The lowest BCUT2D eigenvalue weighted by atomic mass is 9.96. The van der Waals surface area contributed by atoms with Crippen LogP contribution in [0.15, 0.2) is 35.8 Å². The molecule has 1 aliphatic heterocycles. The van der Waals surface area contributed by atoms with Gasteiger partial charge < -0.3 is 10.6 Å². The molecule has 3 aromatic rings. The quantitative estimate of drug-likeness (QED) is 0.596. The molecule has 0 bridgehead atoms. The number of hydrogen-bond donors (Lipinski definition) is 2. The fraction of sp³-hybridized carbons (Fsp3) is 0.333. The normalized spacial score (nSPS) is 15.1. The van der Waals surface area contributed by atoms with Crippen molar-refractivity contribution in [3.8, 4) is 0 Å². The van der Waals surface area contributed by atoms with E-state index in [4.69, 9.17) is 0 Å². The number of rotatable bonds is 6. The predicted octanol–water partition coefficient (Wildman–Crippen LogP) is 4.08. The van der Waals surface area contributed by atoms with E-state index in [0.29, 0.717) is 18.9 Å². The van der Waals surface area contributed by atoms with Crippen LogP contribution < -0.4 is 10.6 Å². The summed E-state index contributed by atoms with van der Waals surface area (Å²) in [6.45, 7) is 3.35. The van der Waals surface area contributed by atoms with Crippen molar-refractivity contribution in [1.29, 1.82) is 0 Å². The van der Waals surface area contributed by atoms with E-state index in [1.165, 1.54) is 17.4 Å². The number of amides is 1. The molecular weight excluding hydrogens is 422 g/mol. The van der Waals surface area contributed by atoms with E-state index in [2.05, 4.69) is 25.6 Å². The van der Waals surface area contributed by atoms with Gasteiger partial charge in [-0.2, -0.15) is 0 Å². The fourth-order valence-corrected chi connectivity index (χ4v) is 4.12. The van der Waals surface area contributed by atoms with Crippen LogP contribution in [-0.4, -0.2) is 45.4 Å². The Hall–Kier alpha value is -2.98. The lowest BCUT2D eigenvalue weighted by Crippen LogP contribution is -2.39. The molecule has 7 nitrogen and oxygen atoms in total. The number of aromatic nitrogens is 3. The Bertz CT molecular complexity index is 1030. The number of hydrogen-bond acceptors (Lipinski definition) is 7. The molecular formula is C21H22F2N6OS. The first kappa shape index (κ1) is 21.3. The topological polar surface area (TPSA) is 83.0 Å². The first-order valence-electron chi connectivity index (χ1n) is 9.96. The van der Waals surface area contributed by atoms with Gasteiger partial charge in [-0.25, -0.2) is 23.7 Å². The molecule has 1 aromatic carbocycles. The van der Waals surface area contributed by atoms with Crippen molar-refractivity contribution in [3.05, 3.63) is 59.0 Å². The molecule has 162 valence electrons. The largest absolute Gasteiger partial charge is 0.320 e. The van der Waals surface area contributed by atoms with Crippen molar-refractivity contribution < 1.29 is 13.6 Å². The minimum atomic E-state index is -0.786. The number of likely N-dealkylation sites (tertiary alicyclic amines) is 1. The van der Waals surface area contributed by atoms with Crippen molar-refractivity contribution in [2.45, 2.75) is 25.7 Å². The summed E-state index contributed by atoms with van der Waals surface area (Å²) in [7, 11) is 0. The standard InChI is InChI=1S/C21H22F2N6OS/c1-13-11-17(27-21-24-7-10-31-21)26-20(25-13)14-5-8-29(9-6-14)12-18(30)28-19-15(22)3-2-4-16(19)23/h2-4,7,10-11,14H,5-6,8-9,12H2,1H3,(H,28,30)(H,24,25,26,27). The monoisotopic (exact) mass is 444 g/mol. The first-order chi connectivity index (χ1) is 15.0. The van der Waals surface area contributed by atoms with E-state index in [-0.39, 0.29) is 12.5 Å². The number of benzene rings is 1. The predicted molar refractivity (Wildman–Crippen MR) is 116 cm³/mol. The van der Waals surface area contributed by atoms with Crippen LogP contribution in [0.5, 0.6) is 0 Å². The van der Waals surface area contributed by atoms with Gasteiger partial charge in [-0.05, 0) is 45.0 Å². The van der Waals surface area contributed by atoms with E-state index in [9.17, 15) is 13.6 Å². The van der Waals surface area contributed by atoms with Crippen LogP contribution >= 0.6 is 11.3 Å². The van der Waals surface area contributed by atoms with Crippen molar-refractivity contribution in [1.82, 2.24) is 19.9 Å². The van der Waals surface area contributed by atoms with Crippen LogP contribution in [0.1, 0.15) is 30.3 Å². The molecule has 31 heavy (non-hydrogen) atoms. The minimum absolute atomic E-state index is 0.0754. The Balaban J connectivity index is 1.33. The average molecular weight is 445 g/mol. The second-order valence-corrected chi connectivity index (χ2v) is 8.30. The molecule has 0 atom stereocenters. The lowest BCUT2D eigenvalue weighted by Gasteiger charge is -2.30. The van der Waals surface area contributed by atoms with Crippen molar-refractivity contribution in [3.63, 3.8) is 0 Å². The first-order valence-corrected chi connectivity index (χ1v) is 10.8. The third-order valence-electron chi connectivity index (χ3n) is 5.09. The van der Waals surface area contributed by atoms with Crippen molar-refractivity contribution in [2.24, 2.45) is 0 Å². The summed E-state index contributed by atoms with van der Waals surface area (Å²) >= 11 is 1.50. The fourth-order valence-electron chi connectivity index (χ4n) is 3.58. The van der Waals surface area contributed by atoms with Crippen LogP contribution in [0, 0.1) is 18.6 Å². The molecule has 10 heteroatoms. The SMILES string of the molecule is Cc1cc(Nc2nccs2)nc(C2CCN(CC(=O)Nc3c(F)cccc3F)CC2)n1. The van der Waals surface area contributed by atoms with Crippen LogP contribution in [0.4, 0.5) is 25.4 Å². The molecule has 4 rings (SSSR count). The van der Waals surface area contributed by atoms with Gasteiger partial charge in [0.25, 0.3) is 0 Å². The highest BCUT2D eigenvalue weighted by Gasteiger charge is 2.25. The summed E-state index contributed by atoms with van der Waals surface area (Å²) < 4.78 is 27.4. The van der Waals surface area contributed by atoms with Gasteiger partial charge in [0.2, 0.25) is 5.91 Å². The second kappa shape index (κ2) is 9.44. The van der Waals surface area contributed by atoms with Crippen molar-refractivity contribution >= 4 is 33.9 Å². The zero-order chi connectivity index (χ0) is 21.8. The Morgan fingerprint density at radius 3 is 2.65 bits per heavy atom. The summed E-state index contributed by atoms with van der Waals surface area (Å²) in [5.74, 6) is -0.344. The highest BCUT2D eigenvalue weighted by atomic mass is 32.1. The highest BCUT2D eigenvalue weighted by Crippen LogP contribution is 2.28. The van der Waals surface area contributed by atoms with E-state index < -0.39 is 23.2 Å². The third-order valence-corrected chi connectivity index (χ3v) is 5.77. The van der Waals surface area contributed by atoms with Gasteiger partial charge in [0, 0.05) is 29.3 Å². The maximum absolute atomic E-state index is 13.7. The van der Waals surface area contributed by atoms with Crippen molar-refractivity contribution in [2.75, 3.05) is 30.3 Å². The number of piperidine rings is 1. The lowest BCUT2D eigenvalue weighted by molar-refractivity contribution is -0.117. The Morgan fingerprint density at radius 1 is 1.23 bits per heavy atom. The van der Waals surface area contributed by atoms with Gasteiger partial charge in [0.15, 0.2) is 5.13 Å². The van der Waals surface area contributed by atoms with E-state index >= 15 is 0 Å². The number of thiazole rings is 1. The molecule has 0 saturated carbocycles. The summed E-state index contributed by atoms with van der Waals surface area (Å²) in [6.07, 6.45) is 3.32. The number of carbonyl (C=O) groups is 1. The van der Waals surface area contributed by atoms with Gasteiger partial charge in [-0.15, -0.1) is 11.3 Å². The van der Waals surface area contributed by atoms with Crippen LogP contribution in [0.25, 0.3) is 0 Å². The Labute approximate surface area is 182 Å². The number of nitrogens with one attached hydrogen (secondary N) is 2.